The van der Waals surface area contributed by atoms with Crippen LogP contribution in [0.2, 0.25) is 5.02 Å². The smallest absolute Gasteiger partial charge is 0.244 e. The van der Waals surface area contributed by atoms with E-state index in [9.17, 15) is 14.4 Å². The first-order valence-electron chi connectivity index (χ1n) is 13.9. The first-order valence-corrected chi connectivity index (χ1v) is 14.3. The summed E-state index contributed by atoms with van der Waals surface area (Å²) >= 11 is 6.11. The van der Waals surface area contributed by atoms with Gasteiger partial charge >= 0.3 is 0 Å². The zero-order valence-electron chi connectivity index (χ0n) is 24.4. The summed E-state index contributed by atoms with van der Waals surface area (Å²) in [7, 11) is 0. The molecule has 0 saturated heterocycles. The molecule has 2 rings (SSSR count). The van der Waals surface area contributed by atoms with Gasteiger partial charge in [0.1, 0.15) is 0 Å². The van der Waals surface area contributed by atoms with E-state index >= 15 is 0 Å². The van der Waals surface area contributed by atoms with Crippen molar-refractivity contribution in [3.8, 4) is 11.1 Å². The lowest BCUT2D eigenvalue weighted by Gasteiger charge is -2.24. The number of benzene rings is 2. The number of hydrogen-bond acceptors (Lipinski definition) is 4. The lowest BCUT2D eigenvalue weighted by atomic mass is 9.93. The van der Waals surface area contributed by atoms with Gasteiger partial charge in [-0.05, 0) is 66.1 Å². The number of rotatable bonds is 13. The molecule has 8 heteroatoms. The maximum Gasteiger partial charge on any atom is 0.244 e. The summed E-state index contributed by atoms with van der Waals surface area (Å²) in [4.78, 5) is 39.2. The van der Waals surface area contributed by atoms with Gasteiger partial charge in [-0.1, -0.05) is 83.3 Å². The number of carbonyl (C=O) groups is 3. The topological polar surface area (TPSA) is 98.7 Å². The standard InChI is InChI=1S/C28H38ClN3O4.C3H8/c1-5-6-12-32(27(34)17-30-28(35)23(13-19(2)3)16-26(33)31-36)18-21-8-7-9-22(15-21)25-11-10-24(29)14-20(25)4;1-3-2/h7-11,14-15,19,23,36H,5-6,12-13,16-18H2,1-4H3,(H,30,35)(H,31,33);3H2,1-2H3. The molecule has 0 aliphatic carbocycles. The van der Waals surface area contributed by atoms with Crippen LogP contribution >= 0.6 is 11.6 Å². The van der Waals surface area contributed by atoms with Crippen LogP contribution in [-0.4, -0.2) is 40.9 Å². The van der Waals surface area contributed by atoms with Crippen LogP contribution in [0.3, 0.4) is 0 Å². The van der Waals surface area contributed by atoms with E-state index in [0.717, 1.165) is 35.1 Å². The molecule has 3 amide bonds. The van der Waals surface area contributed by atoms with Gasteiger partial charge in [-0.25, -0.2) is 5.48 Å². The van der Waals surface area contributed by atoms with Crippen LogP contribution in [0.4, 0.5) is 0 Å². The van der Waals surface area contributed by atoms with Gasteiger partial charge in [0.25, 0.3) is 0 Å². The van der Waals surface area contributed by atoms with E-state index in [1.54, 1.807) is 10.4 Å². The Morgan fingerprint density at radius 1 is 1.05 bits per heavy atom. The Labute approximate surface area is 239 Å². The second-order valence-corrected chi connectivity index (χ2v) is 10.8. The summed E-state index contributed by atoms with van der Waals surface area (Å²) in [5, 5.41) is 12.2. The van der Waals surface area contributed by atoms with E-state index in [2.05, 4.69) is 32.2 Å². The highest BCUT2D eigenvalue weighted by molar-refractivity contribution is 6.30. The van der Waals surface area contributed by atoms with Crippen LogP contribution in [-0.2, 0) is 20.9 Å². The zero-order chi connectivity index (χ0) is 29.4. The number of aryl methyl sites for hydroxylation is 1. The number of hydroxylamine groups is 1. The number of unbranched alkanes of at least 4 members (excludes halogenated alkanes) is 1. The van der Waals surface area contributed by atoms with E-state index in [-0.39, 0.29) is 30.7 Å². The average molecular weight is 560 g/mol. The molecule has 0 radical (unpaired) electrons. The number of nitrogens with one attached hydrogen (secondary N) is 2. The highest BCUT2D eigenvalue weighted by atomic mass is 35.5. The number of hydrogen-bond donors (Lipinski definition) is 3. The van der Waals surface area contributed by atoms with Crippen LogP contribution in [0.1, 0.15) is 77.8 Å². The average Bonchev–Trinajstić information content (AvgIpc) is 2.89. The van der Waals surface area contributed by atoms with Crippen LogP contribution < -0.4 is 10.8 Å². The molecular weight excluding hydrogens is 514 g/mol. The van der Waals surface area contributed by atoms with Crippen LogP contribution in [0.5, 0.6) is 0 Å². The van der Waals surface area contributed by atoms with Crippen molar-refractivity contribution < 1.29 is 19.6 Å². The highest BCUT2D eigenvalue weighted by Crippen LogP contribution is 2.27. The van der Waals surface area contributed by atoms with E-state index in [0.29, 0.717) is 24.5 Å². The number of halogens is 1. The summed E-state index contributed by atoms with van der Waals surface area (Å²) in [6.07, 6.45) is 3.38. The first kappa shape index (κ1) is 34.1. The Morgan fingerprint density at radius 2 is 1.74 bits per heavy atom. The summed E-state index contributed by atoms with van der Waals surface area (Å²) in [6.45, 7) is 13.1. The summed E-state index contributed by atoms with van der Waals surface area (Å²) < 4.78 is 0. The third-order valence-electron chi connectivity index (χ3n) is 6.03. The summed E-state index contributed by atoms with van der Waals surface area (Å²) in [5.41, 5.74) is 5.79. The minimum absolute atomic E-state index is 0.134. The molecule has 1 atom stereocenters. The molecule has 0 saturated carbocycles. The van der Waals surface area contributed by atoms with Crippen LogP contribution in [0, 0.1) is 18.8 Å². The lowest BCUT2D eigenvalue weighted by molar-refractivity contribution is -0.137. The van der Waals surface area contributed by atoms with Gasteiger partial charge in [-0.15, -0.1) is 0 Å². The molecule has 7 nitrogen and oxygen atoms in total. The van der Waals surface area contributed by atoms with Gasteiger partial charge < -0.3 is 10.2 Å². The fourth-order valence-electron chi connectivity index (χ4n) is 4.19. The fraction of sp³-hybridized carbons (Fsp3) is 0.516. The van der Waals surface area contributed by atoms with Gasteiger partial charge in [0.05, 0.1) is 6.54 Å². The van der Waals surface area contributed by atoms with Crippen molar-refractivity contribution in [2.75, 3.05) is 13.1 Å². The largest absolute Gasteiger partial charge is 0.347 e. The molecular formula is C31H46ClN3O4. The molecule has 0 aliphatic rings. The zero-order valence-corrected chi connectivity index (χ0v) is 25.1. The van der Waals surface area contributed by atoms with Gasteiger partial charge in [-0.2, -0.15) is 0 Å². The Kier molecular flexibility index (Phi) is 16.1. The Balaban J connectivity index is 0.00000242. The molecule has 0 bridgehead atoms. The van der Waals surface area contributed by atoms with Gasteiger partial charge in [0, 0.05) is 30.5 Å². The molecule has 1 unspecified atom stereocenters. The minimum atomic E-state index is -0.623. The molecule has 216 valence electrons. The summed E-state index contributed by atoms with van der Waals surface area (Å²) in [6, 6.07) is 13.9. The van der Waals surface area contributed by atoms with E-state index in [1.807, 2.05) is 57.2 Å². The van der Waals surface area contributed by atoms with Crippen molar-refractivity contribution in [3.05, 3.63) is 58.6 Å². The van der Waals surface area contributed by atoms with Gasteiger partial charge in [0.15, 0.2) is 0 Å². The van der Waals surface area contributed by atoms with Gasteiger partial charge in [-0.3, -0.25) is 19.6 Å². The second kappa shape index (κ2) is 18.4. The molecule has 0 spiro atoms. The molecule has 2 aromatic rings. The molecule has 0 fully saturated rings. The van der Waals surface area contributed by atoms with Crippen LogP contribution in [0.15, 0.2) is 42.5 Å². The fourth-order valence-corrected chi connectivity index (χ4v) is 4.42. The molecule has 0 aromatic heterocycles. The van der Waals surface area contributed by atoms with Crippen molar-refractivity contribution in [2.45, 2.75) is 80.2 Å². The van der Waals surface area contributed by atoms with E-state index in [1.165, 1.54) is 6.42 Å². The highest BCUT2D eigenvalue weighted by Gasteiger charge is 2.24. The molecule has 0 heterocycles. The molecule has 0 aliphatic heterocycles. The lowest BCUT2D eigenvalue weighted by Crippen LogP contribution is -2.43. The maximum absolute atomic E-state index is 13.1. The third-order valence-corrected chi connectivity index (χ3v) is 6.27. The summed E-state index contributed by atoms with van der Waals surface area (Å²) in [5.74, 6) is -1.60. The number of carbonyl (C=O) groups excluding carboxylic acids is 3. The predicted molar refractivity (Wildman–Crippen MR) is 158 cm³/mol. The molecule has 2 aromatic carbocycles. The SMILES string of the molecule is CCC.CCCCN(Cc1cccc(-c2ccc(Cl)cc2C)c1)C(=O)CNC(=O)C(CC(=O)NO)CC(C)C. The van der Waals surface area contributed by atoms with E-state index in [4.69, 9.17) is 16.8 Å². The van der Waals surface area contributed by atoms with Crippen molar-refractivity contribution in [1.29, 1.82) is 0 Å². The number of nitrogens with zero attached hydrogens (tertiary/aromatic N) is 1. The monoisotopic (exact) mass is 559 g/mol. The molecule has 39 heavy (non-hydrogen) atoms. The third kappa shape index (κ3) is 12.7. The normalized spacial score (nSPS) is 11.3. The van der Waals surface area contributed by atoms with Crippen molar-refractivity contribution in [2.24, 2.45) is 11.8 Å². The number of amides is 3. The van der Waals surface area contributed by atoms with Crippen molar-refractivity contribution in [3.63, 3.8) is 0 Å². The maximum atomic E-state index is 13.1. The van der Waals surface area contributed by atoms with Crippen LogP contribution in [0.25, 0.3) is 11.1 Å². The predicted octanol–water partition coefficient (Wildman–Crippen LogP) is 6.53. The quantitative estimate of drug-likeness (QED) is 0.192. The Bertz CT molecular complexity index is 1060. The molecule has 3 N–H and O–H groups in total. The van der Waals surface area contributed by atoms with Gasteiger partial charge in [0.2, 0.25) is 17.7 Å². The second-order valence-electron chi connectivity index (χ2n) is 10.3. The van der Waals surface area contributed by atoms with E-state index < -0.39 is 11.8 Å². The van der Waals surface area contributed by atoms with Crippen molar-refractivity contribution in [1.82, 2.24) is 15.7 Å². The Hall–Kier alpha value is -2.90. The Morgan fingerprint density at radius 3 is 2.33 bits per heavy atom. The minimum Gasteiger partial charge on any atom is -0.347 e. The first-order chi connectivity index (χ1) is 18.6. The van der Waals surface area contributed by atoms with Crippen molar-refractivity contribution >= 4 is 29.3 Å².